The van der Waals surface area contributed by atoms with Gasteiger partial charge in [0.1, 0.15) is 5.75 Å². The molecule has 1 atom stereocenters. The summed E-state index contributed by atoms with van der Waals surface area (Å²) in [7, 11) is 0. The molecule has 1 aromatic rings. The van der Waals surface area contributed by atoms with E-state index in [1.807, 2.05) is 12.1 Å². The normalized spacial score (nSPS) is 13.8. The average molecular weight is 219 g/mol. The molecule has 0 radical (unpaired) electrons. The van der Waals surface area contributed by atoms with Crippen LogP contribution in [0.25, 0.3) is 6.08 Å². The van der Waals surface area contributed by atoms with Crippen LogP contribution in [0.1, 0.15) is 32.8 Å². The Balaban J connectivity index is 2.64. The highest BCUT2D eigenvalue weighted by molar-refractivity contribution is 5.54. The first kappa shape index (κ1) is 12.8. The minimum atomic E-state index is 0.312. The lowest BCUT2D eigenvalue weighted by molar-refractivity contribution is 0.475. The quantitative estimate of drug-likeness (QED) is 0.797. The zero-order valence-electron chi connectivity index (χ0n) is 10.3. The minimum Gasteiger partial charge on any atom is -0.508 e. The summed E-state index contributed by atoms with van der Waals surface area (Å²) in [6.07, 6.45) is 3.30. The number of nitrogens with one attached hydrogen (secondary N) is 1. The maximum Gasteiger partial charge on any atom is 0.115 e. The van der Waals surface area contributed by atoms with Crippen molar-refractivity contribution in [3.05, 3.63) is 35.4 Å². The van der Waals surface area contributed by atoms with Gasteiger partial charge in [0.15, 0.2) is 0 Å². The molecule has 16 heavy (non-hydrogen) atoms. The Kier molecular flexibility index (Phi) is 5.06. The van der Waals surface area contributed by atoms with Crippen LogP contribution in [-0.4, -0.2) is 17.7 Å². The van der Waals surface area contributed by atoms with E-state index in [1.165, 1.54) is 5.57 Å². The molecule has 2 N–H and O–H groups in total. The Bertz CT molecular complexity index is 340. The lowest BCUT2D eigenvalue weighted by Crippen LogP contribution is -2.27. The third kappa shape index (κ3) is 4.07. The fourth-order valence-electron chi connectivity index (χ4n) is 1.48. The largest absolute Gasteiger partial charge is 0.508 e. The fourth-order valence-corrected chi connectivity index (χ4v) is 1.48. The molecule has 0 heterocycles. The van der Waals surface area contributed by atoms with Gasteiger partial charge >= 0.3 is 0 Å². The molecule has 0 saturated carbocycles. The molecule has 88 valence electrons. The number of hydrogen-bond donors (Lipinski definition) is 2. The van der Waals surface area contributed by atoms with Crippen molar-refractivity contribution in [2.24, 2.45) is 0 Å². The van der Waals surface area contributed by atoms with Gasteiger partial charge in [-0.2, -0.15) is 0 Å². The molecule has 0 amide bonds. The average Bonchev–Trinajstić information content (AvgIpc) is 2.29. The number of rotatable bonds is 5. The number of benzene rings is 1. The number of aromatic hydroxyl groups is 1. The minimum absolute atomic E-state index is 0.312. The van der Waals surface area contributed by atoms with Crippen molar-refractivity contribution in [2.75, 3.05) is 6.54 Å². The Morgan fingerprint density at radius 2 is 2.00 bits per heavy atom. The maximum absolute atomic E-state index is 9.18. The van der Waals surface area contributed by atoms with Gasteiger partial charge in [-0.3, -0.25) is 0 Å². The molecular formula is C14H21NO. The van der Waals surface area contributed by atoms with Gasteiger partial charge in [0.2, 0.25) is 0 Å². The lowest BCUT2D eigenvalue weighted by atomic mass is 10.1. The summed E-state index contributed by atoms with van der Waals surface area (Å²) in [4.78, 5) is 0. The van der Waals surface area contributed by atoms with Crippen molar-refractivity contribution in [2.45, 2.75) is 33.2 Å². The third-order valence-corrected chi connectivity index (χ3v) is 2.67. The van der Waals surface area contributed by atoms with E-state index in [-0.39, 0.29) is 0 Å². The molecule has 1 rings (SSSR count). The summed E-state index contributed by atoms with van der Waals surface area (Å²) in [5, 5.41) is 12.6. The van der Waals surface area contributed by atoms with Crippen LogP contribution < -0.4 is 5.32 Å². The summed E-state index contributed by atoms with van der Waals surface area (Å²) in [6.45, 7) is 7.50. The van der Waals surface area contributed by atoms with Crippen molar-refractivity contribution in [3.63, 3.8) is 0 Å². The van der Waals surface area contributed by atoms with Gasteiger partial charge in [-0.15, -0.1) is 0 Å². The van der Waals surface area contributed by atoms with E-state index >= 15 is 0 Å². The lowest BCUT2D eigenvalue weighted by Gasteiger charge is -2.13. The van der Waals surface area contributed by atoms with E-state index < -0.39 is 0 Å². The van der Waals surface area contributed by atoms with Crippen LogP contribution in [0.3, 0.4) is 0 Å². The molecule has 0 aliphatic rings. The summed E-state index contributed by atoms with van der Waals surface area (Å²) in [6, 6.07) is 7.66. The van der Waals surface area contributed by atoms with Crippen LogP contribution in [0.5, 0.6) is 5.75 Å². The van der Waals surface area contributed by atoms with E-state index in [1.54, 1.807) is 12.1 Å². The number of hydrogen-bond acceptors (Lipinski definition) is 2. The van der Waals surface area contributed by atoms with E-state index in [9.17, 15) is 5.11 Å². The van der Waals surface area contributed by atoms with Gasteiger partial charge in [0.25, 0.3) is 0 Å². The van der Waals surface area contributed by atoms with Crippen LogP contribution >= 0.6 is 0 Å². The molecular weight excluding hydrogens is 198 g/mol. The predicted octanol–water partition coefficient (Wildman–Crippen LogP) is 3.18. The summed E-state index contributed by atoms with van der Waals surface area (Å²) in [5.74, 6) is 0.312. The van der Waals surface area contributed by atoms with Gasteiger partial charge in [0.05, 0.1) is 0 Å². The van der Waals surface area contributed by atoms with Crippen LogP contribution in [-0.2, 0) is 0 Å². The number of phenols is 1. The number of phenolic OH excluding ortho intramolecular Hbond substituents is 1. The highest BCUT2D eigenvalue weighted by atomic mass is 16.3. The SMILES string of the molecule is CCCNC(C)/C(C)=C/c1ccc(O)cc1. The van der Waals surface area contributed by atoms with Crippen molar-refractivity contribution in [1.82, 2.24) is 5.32 Å². The monoisotopic (exact) mass is 219 g/mol. The van der Waals surface area contributed by atoms with E-state index in [0.29, 0.717) is 11.8 Å². The first-order valence-corrected chi connectivity index (χ1v) is 5.84. The zero-order valence-corrected chi connectivity index (χ0v) is 10.3. The van der Waals surface area contributed by atoms with Gasteiger partial charge in [0, 0.05) is 6.04 Å². The van der Waals surface area contributed by atoms with E-state index in [2.05, 4.69) is 32.2 Å². The second kappa shape index (κ2) is 6.33. The van der Waals surface area contributed by atoms with Crippen LogP contribution in [0, 0.1) is 0 Å². The first-order chi connectivity index (χ1) is 7.63. The molecule has 0 aliphatic carbocycles. The van der Waals surface area contributed by atoms with Crippen LogP contribution in [0.4, 0.5) is 0 Å². The molecule has 2 nitrogen and oxygen atoms in total. The Labute approximate surface area is 98.0 Å². The molecule has 0 aromatic heterocycles. The highest BCUT2D eigenvalue weighted by Crippen LogP contribution is 2.14. The summed E-state index contributed by atoms with van der Waals surface area (Å²) < 4.78 is 0. The predicted molar refractivity (Wildman–Crippen MR) is 69.5 cm³/mol. The fraction of sp³-hybridized carbons (Fsp3) is 0.429. The molecule has 2 heteroatoms. The van der Waals surface area contributed by atoms with Crippen molar-refractivity contribution >= 4 is 6.08 Å². The van der Waals surface area contributed by atoms with Crippen molar-refractivity contribution < 1.29 is 5.11 Å². The molecule has 1 aromatic carbocycles. The van der Waals surface area contributed by atoms with E-state index in [0.717, 1.165) is 18.5 Å². The van der Waals surface area contributed by atoms with Crippen LogP contribution in [0.15, 0.2) is 29.8 Å². The summed E-state index contributed by atoms with van der Waals surface area (Å²) >= 11 is 0. The van der Waals surface area contributed by atoms with Gasteiger partial charge in [-0.1, -0.05) is 30.7 Å². The first-order valence-electron chi connectivity index (χ1n) is 5.84. The Hall–Kier alpha value is -1.28. The Morgan fingerprint density at radius 3 is 2.56 bits per heavy atom. The Morgan fingerprint density at radius 1 is 1.38 bits per heavy atom. The third-order valence-electron chi connectivity index (χ3n) is 2.67. The van der Waals surface area contributed by atoms with E-state index in [4.69, 9.17) is 0 Å². The topological polar surface area (TPSA) is 32.3 Å². The van der Waals surface area contributed by atoms with Gasteiger partial charge < -0.3 is 10.4 Å². The van der Waals surface area contributed by atoms with Gasteiger partial charge in [-0.25, -0.2) is 0 Å². The molecule has 0 fully saturated rings. The molecule has 0 bridgehead atoms. The smallest absolute Gasteiger partial charge is 0.115 e. The maximum atomic E-state index is 9.18. The molecule has 0 spiro atoms. The van der Waals surface area contributed by atoms with Crippen LogP contribution in [0.2, 0.25) is 0 Å². The molecule has 0 saturated heterocycles. The second-order valence-electron chi connectivity index (χ2n) is 4.16. The standard InChI is InChI=1S/C14H21NO/c1-4-9-15-12(3)11(2)10-13-5-7-14(16)8-6-13/h5-8,10,12,15-16H,4,9H2,1-3H3/b11-10+. The summed E-state index contributed by atoms with van der Waals surface area (Å²) in [5.41, 5.74) is 2.43. The van der Waals surface area contributed by atoms with Crippen molar-refractivity contribution in [3.8, 4) is 5.75 Å². The molecule has 0 aliphatic heterocycles. The molecule has 1 unspecified atom stereocenters. The highest BCUT2D eigenvalue weighted by Gasteiger charge is 2.02. The zero-order chi connectivity index (χ0) is 12.0. The van der Waals surface area contributed by atoms with Crippen molar-refractivity contribution in [1.29, 1.82) is 0 Å². The second-order valence-corrected chi connectivity index (χ2v) is 4.16. The van der Waals surface area contributed by atoms with Gasteiger partial charge in [-0.05, 0) is 44.5 Å².